The number of ether oxygens (including phenoxy) is 1. The molecule has 6 nitrogen and oxygen atoms in total. The molecule has 0 bridgehead atoms. The Labute approximate surface area is 125 Å². The SMILES string of the molecule is CC(=O)OCCc1ncc(B2OC(C)(C)C(C)(C)O2)cn1. The third kappa shape index (κ3) is 3.60. The number of hydrogen-bond donors (Lipinski definition) is 0. The molecule has 0 spiro atoms. The van der Waals surface area contributed by atoms with Crippen LogP contribution in [0.5, 0.6) is 0 Å². The molecule has 1 aliphatic heterocycles. The first-order valence-electron chi connectivity index (χ1n) is 7.01. The van der Waals surface area contributed by atoms with Gasteiger partial charge in [0.25, 0.3) is 0 Å². The van der Waals surface area contributed by atoms with Crippen molar-refractivity contribution >= 4 is 18.6 Å². The predicted molar refractivity (Wildman–Crippen MR) is 78.1 cm³/mol. The van der Waals surface area contributed by atoms with Crippen molar-refractivity contribution in [3.63, 3.8) is 0 Å². The fraction of sp³-hybridized carbons (Fsp3) is 0.643. The third-order valence-electron chi connectivity index (χ3n) is 3.88. The number of hydrogen-bond acceptors (Lipinski definition) is 6. The molecule has 21 heavy (non-hydrogen) atoms. The molecule has 7 heteroatoms. The number of rotatable bonds is 4. The highest BCUT2D eigenvalue weighted by molar-refractivity contribution is 6.61. The summed E-state index contributed by atoms with van der Waals surface area (Å²) in [5.41, 5.74) is 0.0158. The van der Waals surface area contributed by atoms with Crippen molar-refractivity contribution in [2.75, 3.05) is 6.61 Å². The zero-order valence-electron chi connectivity index (χ0n) is 13.2. The highest BCUT2D eigenvalue weighted by Crippen LogP contribution is 2.36. The van der Waals surface area contributed by atoms with Crippen molar-refractivity contribution in [3.05, 3.63) is 18.2 Å². The minimum absolute atomic E-state index is 0.283. The van der Waals surface area contributed by atoms with E-state index in [0.29, 0.717) is 12.2 Å². The average molecular weight is 292 g/mol. The van der Waals surface area contributed by atoms with Crippen LogP contribution < -0.4 is 5.46 Å². The summed E-state index contributed by atoms with van der Waals surface area (Å²) in [6, 6.07) is 0. The summed E-state index contributed by atoms with van der Waals surface area (Å²) in [4.78, 5) is 19.2. The van der Waals surface area contributed by atoms with Gasteiger partial charge in [0.1, 0.15) is 5.82 Å². The van der Waals surface area contributed by atoms with E-state index in [4.69, 9.17) is 14.0 Å². The molecule has 0 atom stereocenters. The second-order valence-corrected chi connectivity index (χ2v) is 6.11. The lowest BCUT2D eigenvalue weighted by molar-refractivity contribution is -0.140. The van der Waals surface area contributed by atoms with Gasteiger partial charge in [0.15, 0.2) is 0 Å². The largest absolute Gasteiger partial charge is 0.498 e. The van der Waals surface area contributed by atoms with E-state index in [1.54, 1.807) is 12.4 Å². The molecular formula is C14H21BN2O4. The van der Waals surface area contributed by atoms with Gasteiger partial charge in [-0.25, -0.2) is 9.97 Å². The highest BCUT2D eigenvalue weighted by atomic mass is 16.7. The van der Waals surface area contributed by atoms with Gasteiger partial charge < -0.3 is 14.0 Å². The highest BCUT2D eigenvalue weighted by Gasteiger charge is 2.51. The summed E-state index contributed by atoms with van der Waals surface area (Å²) in [5.74, 6) is 0.320. The van der Waals surface area contributed by atoms with Gasteiger partial charge in [-0.1, -0.05) is 0 Å². The maximum atomic E-state index is 10.7. The second-order valence-electron chi connectivity index (χ2n) is 6.11. The first-order valence-corrected chi connectivity index (χ1v) is 7.01. The van der Waals surface area contributed by atoms with Gasteiger partial charge in [0.2, 0.25) is 0 Å². The van der Waals surface area contributed by atoms with E-state index in [1.165, 1.54) is 6.92 Å². The Balaban J connectivity index is 1.99. The molecule has 1 fully saturated rings. The zero-order chi connectivity index (χ0) is 15.7. The smallest absolute Gasteiger partial charge is 0.465 e. The van der Waals surface area contributed by atoms with Gasteiger partial charge in [-0.05, 0) is 27.7 Å². The predicted octanol–water partition coefficient (Wildman–Crippen LogP) is 0.881. The number of carbonyl (C=O) groups is 1. The van der Waals surface area contributed by atoms with Crippen molar-refractivity contribution in [3.8, 4) is 0 Å². The first-order chi connectivity index (χ1) is 9.71. The lowest BCUT2D eigenvalue weighted by atomic mass is 9.81. The fourth-order valence-electron chi connectivity index (χ4n) is 1.88. The summed E-state index contributed by atoms with van der Waals surface area (Å²) >= 11 is 0. The monoisotopic (exact) mass is 292 g/mol. The van der Waals surface area contributed by atoms with Crippen LogP contribution in [0.2, 0.25) is 0 Å². The first kappa shape index (κ1) is 15.9. The molecule has 0 amide bonds. The van der Waals surface area contributed by atoms with Crippen LogP contribution in [-0.2, 0) is 25.3 Å². The van der Waals surface area contributed by atoms with Crippen LogP contribution in [0.4, 0.5) is 0 Å². The summed E-state index contributed by atoms with van der Waals surface area (Å²) in [6.45, 7) is 9.67. The van der Waals surface area contributed by atoms with Crippen molar-refractivity contribution in [1.29, 1.82) is 0 Å². The molecule has 1 saturated heterocycles. The van der Waals surface area contributed by atoms with E-state index >= 15 is 0 Å². The molecule has 0 radical (unpaired) electrons. The molecule has 0 aromatic carbocycles. The van der Waals surface area contributed by atoms with Crippen molar-refractivity contribution < 1.29 is 18.8 Å². The van der Waals surface area contributed by atoms with Crippen molar-refractivity contribution in [2.24, 2.45) is 0 Å². The van der Waals surface area contributed by atoms with E-state index < -0.39 is 7.12 Å². The molecule has 1 aromatic heterocycles. The number of carbonyl (C=O) groups excluding carboxylic acids is 1. The summed E-state index contributed by atoms with van der Waals surface area (Å²) in [7, 11) is -0.461. The van der Waals surface area contributed by atoms with Crippen LogP contribution in [0.25, 0.3) is 0 Å². The van der Waals surface area contributed by atoms with Crippen LogP contribution in [0.1, 0.15) is 40.4 Å². The number of nitrogens with zero attached hydrogens (tertiary/aromatic N) is 2. The van der Waals surface area contributed by atoms with Gasteiger partial charge in [0, 0.05) is 31.2 Å². The normalized spacial score (nSPS) is 19.6. The van der Waals surface area contributed by atoms with Gasteiger partial charge in [-0.2, -0.15) is 0 Å². The molecule has 1 aliphatic rings. The Kier molecular flexibility index (Phi) is 4.34. The van der Waals surface area contributed by atoms with Crippen molar-refractivity contribution in [2.45, 2.75) is 52.2 Å². The summed E-state index contributed by atoms with van der Waals surface area (Å²) < 4.78 is 16.7. The lowest BCUT2D eigenvalue weighted by Gasteiger charge is -2.32. The number of aromatic nitrogens is 2. The molecule has 0 saturated carbocycles. The van der Waals surface area contributed by atoms with E-state index in [-0.39, 0.29) is 23.8 Å². The molecule has 1 aromatic rings. The summed E-state index contributed by atoms with van der Waals surface area (Å²) in [5, 5.41) is 0. The minimum atomic E-state index is -0.461. The molecule has 114 valence electrons. The maximum Gasteiger partial charge on any atom is 0.498 e. The van der Waals surface area contributed by atoms with Gasteiger partial charge >= 0.3 is 13.1 Å². The van der Waals surface area contributed by atoms with Gasteiger partial charge in [0.05, 0.1) is 17.8 Å². The third-order valence-corrected chi connectivity index (χ3v) is 3.88. The van der Waals surface area contributed by atoms with Crippen LogP contribution in [0, 0.1) is 0 Å². The second kappa shape index (κ2) is 5.73. The van der Waals surface area contributed by atoms with E-state index in [1.807, 2.05) is 27.7 Å². The average Bonchev–Trinajstić information content (AvgIpc) is 2.59. The van der Waals surface area contributed by atoms with E-state index in [2.05, 4.69) is 9.97 Å². The molecule has 0 N–H and O–H groups in total. The Morgan fingerprint density at radius 1 is 1.19 bits per heavy atom. The van der Waals surface area contributed by atoms with Gasteiger partial charge in [-0.3, -0.25) is 4.79 Å². The molecule has 2 rings (SSSR count). The van der Waals surface area contributed by atoms with E-state index in [9.17, 15) is 4.79 Å². The maximum absolute atomic E-state index is 10.7. The quantitative estimate of drug-likeness (QED) is 0.606. The Bertz CT molecular complexity index is 500. The fourth-order valence-corrected chi connectivity index (χ4v) is 1.88. The Hall–Kier alpha value is -1.47. The topological polar surface area (TPSA) is 70.5 Å². The molecule has 2 heterocycles. The van der Waals surface area contributed by atoms with Crippen LogP contribution >= 0.6 is 0 Å². The Morgan fingerprint density at radius 3 is 2.19 bits per heavy atom. The summed E-state index contributed by atoms with van der Waals surface area (Å²) in [6.07, 6.45) is 3.87. The van der Waals surface area contributed by atoms with E-state index in [0.717, 1.165) is 5.46 Å². The number of esters is 1. The van der Waals surface area contributed by atoms with Gasteiger partial charge in [-0.15, -0.1) is 0 Å². The molecular weight excluding hydrogens is 271 g/mol. The van der Waals surface area contributed by atoms with Crippen LogP contribution in [0.15, 0.2) is 12.4 Å². The minimum Gasteiger partial charge on any atom is -0.465 e. The van der Waals surface area contributed by atoms with Crippen molar-refractivity contribution in [1.82, 2.24) is 9.97 Å². The van der Waals surface area contributed by atoms with Crippen LogP contribution in [-0.4, -0.2) is 40.9 Å². The zero-order valence-corrected chi connectivity index (χ0v) is 13.2. The standard InChI is InChI=1S/C14H21BN2O4/c1-10(18)19-7-6-12-16-8-11(9-17-12)15-20-13(2,3)14(4,5)21-15/h8-9H,6-7H2,1-5H3. The lowest BCUT2D eigenvalue weighted by Crippen LogP contribution is -2.41. The Morgan fingerprint density at radius 2 is 1.71 bits per heavy atom. The molecule has 0 aliphatic carbocycles. The molecule has 0 unspecified atom stereocenters. The van der Waals surface area contributed by atoms with Crippen LogP contribution in [0.3, 0.4) is 0 Å².